The molecule has 3 N–H and O–H groups in total. The van der Waals surface area contributed by atoms with Gasteiger partial charge in [0.05, 0.1) is 0 Å². The van der Waals surface area contributed by atoms with E-state index in [0.717, 1.165) is 28.2 Å². The smallest absolute Gasteiger partial charge is 0.161 e. The van der Waals surface area contributed by atoms with Gasteiger partial charge in [-0.15, -0.1) is 0 Å². The number of nitrogens with two attached hydrogens (primary N) is 1. The molecule has 0 aliphatic carbocycles. The largest absolute Gasteiger partial charge is 0.340 e. The molecule has 0 bridgehead atoms. The Kier molecular flexibility index (Phi) is 4.12. The molecule has 22 heavy (non-hydrogen) atoms. The van der Waals surface area contributed by atoms with Gasteiger partial charge in [0.15, 0.2) is 5.82 Å². The number of rotatable bonds is 4. The van der Waals surface area contributed by atoms with Crippen molar-refractivity contribution in [1.29, 1.82) is 0 Å². The minimum atomic E-state index is 0.392. The Hall–Kier alpha value is -2.72. The molecule has 0 fully saturated rings. The average molecular weight is 290 g/mol. The molecule has 1 aromatic heterocycles. The third kappa shape index (κ3) is 2.97. The van der Waals surface area contributed by atoms with Crippen molar-refractivity contribution in [2.75, 3.05) is 5.32 Å². The van der Waals surface area contributed by atoms with Crippen LogP contribution in [0.3, 0.4) is 0 Å². The van der Waals surface area contributed by atoms with E-state index in [4.69, 9.17) is 5.73 Å². The Morgan fingerprint density at radius 2 is 1.73 bits per heavy atom. The van der Waals surface area contributed by atoms with Crippen molar-refractivity contribution in [3.8, 4) is 11.4 Å². The molecule has 0 saturated carbocycles. The molecule has 0 saturated heterocycles. The molecule has 0 aliphatic heterocycles. The van der Waals surface area contributed by atoms with E-state index in [-0.39, 0.29) is 0 Å². The van der Waals surface area contributed by atoms with Crippen molar-refractivity contribution < 1.29 is 0 Å². The highest BCUT2D eigenvalue weighted by molar-refractivity contribution is 5.65. The minimum absolute atomic E-state index is 0.392. The standard InChI is InChI=1S/C18H18N4/c1-13-7-5-6-10-16(13)21-18-15(11-19)12-20-17(22-18)14-8-3-2-4-9-14/h2-10,12H,11,19H2,1H3,(H,20,21,22). The highest BCUT2D eigenvalue weighted by atomic mass is 15.0. The van der Waals surface area contributed by atoms with Gasteiger partial charge in [-0.2, -0.15) is 0 Å². The summed E-state index contributed by atoms with van der Waals surface area (Å²) < 4.78 is 0. The lowest BCUT2D eigenvalue weighted by molar-refractivity contribution is 1.02. The summed E-state index contributed by atoms with van der Waals surface area (Å²) in [5, 5.41) is 3.37. The molecule has 0 radical (unpaired) electrons. The molecule has 0 aliphatic rings. The van der Waals surface area contributed by atoms with Crippen LogP contribution < -0.4 is 11.1 Å². The van der Waals surface area contributed by atoms with E-state index in [2.05, 4.69) is 28.3 Å². The lowest BCUT2D eigenvalue weighted by Crippen LogP contribution is -2.07. The van der Waals surface area contributed by atoms with Crippen LogP contribution in [0.15, 0.2) is 60.8 Å². The van der Waals surface area contributed by atoms with Gasteiger partial charge in [-0.3, -0.25) is 0 Å². The number of nitrogens with zero attached hydrogens (tertiary/aromatic N) is 2. The zero-order valence-corrected chi connectivity index (χ0v) is 12.5. The van der Waals surface area contributed by atoms with Crippen molar-refractivity contribution in [2.24, 2.45) is 5.73 Å². The van der Waals surface area contributed by atoms with Crippen LogP contribution in [0.25, 0.3) is 11.4 Å². The van der Waals surface area contributed by atoms with Gasteiger partial charge in [0.25, 0.3) is 0 Å². The monoisotopic (exact) mass is 290 g/mol. The fourth-order valence-electron chi connectivity index (χ4n) is 2.23. The van der Waals surface area contributed by atoms with E-state index < -0.39 is 0 Å². The minimum Gasteiger partial charge on any atom is -0.340 e. The summed E-state index contributed by atoms with van der Waals surface area (Å²) in [7, 11) is 0. The molecular weight excluding hydrogens is 272 g/mol. The highest BCUT2D eigenvalue weighted by Crippen LogP contribution is 2.24. The van der Waals surface area contributed by atoms with Gasteiger partial charge in [0, 0.05) is 29.6 Å². The predicted octanol–water partition coefficient (Wildman–Crippen LogP) is 3.65. The maximum Gasteiger partial charge on any atom is 0.161 e. The average Bonchev–Trinajstić information content (AvgIpc) is 2.58. The summed E-state index contributed by atoms with van der Waals surface area (Å²) in [5.41, 5.74) is 9.87. The zero-order valence-electron chi connectivity index (χ0n) is 12.5. The topological polar surface area (TPSA) is 63.8 Å². The Balaban J connectivity index is 2.00. The maximum absolute atomic E-state index is 5.81. The lowest BCUT2D eigenvalue weighted by Gasteiger charge is -2.13. The highest BCUT2D eigenvalue weighted by Gasteiger charge is 2.09. The molecule has 0 spiro atoms. The molecular formula is C18H18N4. The number of hydrogen-bond donors (Lipinski definition) is 2. The quantitative estimate of drug-likeness (QED) is 0.769. The van der Waals surface area contributed by atoms with Gasteiger partial charge >= 0.3 is 0 Å². The number of benzene rings is 2. The van der Waals surface area contributed by atoms with Crippen molar-refractivity contribution >= 4 is 11.5 Å². The Labute approximate surface area is 130 Å². The predicted molar refractivity (Wildman–Crippen MR) is 89.8 cm³/mol. The zero-order chi connectivity index (χ0) is 15.4. The summed E-state index contributed by atoms with van der Waals surface area (Å²) in [5.74, 6) is 1.44. The van der Waals surface area contributed by atoms with E-state index in [1.165, 1.54) is 0 Å². The van der Waals surface area contributed by atoms with Crippen LogP contribution in [0, 0.1) is 6.92 Å². The molecule has 4 heteroatoms. The van der Waals surface area contributed by atoms with Crippen molar-refractivity contribution in [3.05, 3.63) is 71.9 Å². The van der Waals surface area contributed by atoms with Gasteiger partial charge in [0.2, 0.25) is 0 Å². The van der Waals surface area contributed by atoms with E-state index in [1.54, 1.807) is 6.20 Å². The molecule has 2 aromatic carbocycles. The number of aryl methyl sites for hydroxylation is 1. The Morgan fingerprint density at radius 3 is 2.45 bits per heavy atom. The van der Waals surface area contributed by atoms with E-state index >= 15 is 0 Å². The van der Waals surface area contributed by atoms with E-state index in [9.17, 15) is 0 Å². The van der Waals surface area contributed by atoms with Gasteiger partial charge in [0.1, 0.15) is 5.82 Å². The number of anilines is 2. The molecule has 110 valence electrons. The van der Waals surface area contributed by atoms with E-state index in [1.807, 2.05) is 48.5 Å². The van der Waals surface area contributed by atoms with Crippen molar-refractivity contribution in [1.82, 2.24) is 9.97 Å². The lowest BCUT2D eigenvalue weighted by atomic mass is 10.2. The number of nitrogens with one attached hydrogen (secondary N) is 1. The maximum atomic E-state index is 5.81. The van der Waals surface area contributed by atoms with Gasteiger partial charge < -0.3 is 11.1 Å². The summed E-state index contributed by atoms with van der Waals surface area (Å²) in [6.07, 6.45) is 1.79. The molecule has 4 nitrogen and oxygen atoms in total. The molecule has 0 unspecified atom stereocenters. The fraction of sp³-hybridized carbons (Fsp3) is 0.111. The van der Waals surface area contributed by atoms with Gasteiger partial charge in [-0.25, -0.2) is 9.97 Å². The second-order valence-electron chi connectivity index (χ2n) is 5.08. The summed E-state index contributed by atoms with van der Waals surface area (Å²) in [4.78, 5) is 9.06. The normalized spacial score (nSPS) is 10.5. The van der Waals surface area contributed by atoms with Gasteiger partial charge in [-0.05, 0) is 18.6 Å². The number of para-hydroxylation sites is 1. The van der Waals surface area contributed by atoms with Crippen LogP contribution in [-0.4, -0.2) is 9.97 Å². The SMILES string of the molecule is Cc1ccccc1Nc1nc(-c2ccccc2)ncc1CN. The first-order valence-corrected chi connectivity index (χ1v) is 7.22. The second kappa shape index (κ2) is 6.37. The first-order valence-electron chi connectivity index (χ1n) is 7.22. The van der Waals surface area contributed by atoms with Crippen LogP contribution in [0.2, 0.25) is 0 Å². The van der Waals surface area contributed by atoms with Crippen LogP contribution in [0.1, 0.15) is 11.1 Å². The summed E-state index contributed by atoms with van der Waals surface area (Å²) >= 11 is 0. The Bertz CT molecular complexity index is 769. The van der Waals surface area contributed by atoms with Crippen molar-refractivity contribution in [3.63, 3.8) is 0 Å². The third-order valence-corrected chi connectivity index (χ3v) is 3.51. The van der Waals surface area contributed by atoms with Gasteiger partial charge in [-0.1, -0.05) is 48.5 Å². The molecule has 1 heterocycles. The summed E-state index contributed by atoms with van der Waals surface area (Å²) in [6.45, 7) is 2.45. The van der Waals surface area contributed by atoms with Crippen LogP contribution in [0.4, 0.5) is 11.5 Å². The number of aromatic nitrogens is 2. The molecule has 3 aromatic rings. The van der Waals surface area contributed by atoms with Crippen LogP contribution in [-0.2, 0) is 6.54 Å². The van der Waals surface area contributed by atoms with Crippen LogP contribution in [0.5, 0.6) is 0 Å². The Morgan fingerprint density at radius 1 is 1.00 bits per heavy atom. The first-order chi connectivity index (χ1) is 10.8. The van der Waals surface area contributed by atoms with Crippen LogP contribution >= 0.6 is 0 Å². The molecule has 0 amide bonds. The fourth-order valence-corrected chi connectivity index (χ4v) is 2.23. The number of hydrogen-bond acceptors (Lipinski definition) is 4. The molecule has 0 atom stereocenters. The van der Waals surface area contributed by atoms with Crippen molar-refractivity contribution in [2.45, 2.75) is 13.5 Å². The molecule has 3 rings (SSSR count). The third-order valence-electron chi connectivity index (χ3n) is 3.51. The second-order valence-corrected chi connectivity index (χ2v) is 5.08. The van der Waals surface area contributed by atoms with E-state index in [0.29, 0.717) is 12.4 Å². The summed E-state index contributed by atoms with van der Waals surface area (Å²) in [6, 6.07) is 18.0. The first kappa shape index (κ1) is 14.2.